The summed E-state index contributed by atoms with van der Waals surface area (Å²) >= 11 is 0. The number of rotatable bonds is 5. The second kappa shape index (κ2) is 9.14. The third-order valence-electron chi connectivity index (χ3n) is 7.75. The van der Waals surface area contributed by atoms with Gasteiger partial charge in [0.15, 0.2) is 0 Å². The zero-order valence-electron chi connectivity index (χ0n) is 19.9. The Hall–Kier alpha value is -3.73. The number of allylic oxidation sites excluding steroid dienone is 1. The van der Waals surface area contributed by atoms with Crippen molar-refractivity contribution >= 4 is 28.7 Å². The van der Waals surface area contributed by atoms with Gasteiger partial charge in [0.1, 0.15) is 0 Å². The van der Waals surface area contributed by atoms with E-state index >= 15 is 0 Å². The topological polar surface area (TPSA) is 55.8 Å². The molecule has 0 amide bonds. The summed E-state index contributed by atoms with van der Waals surface area (Å²) in [6, 6.07) is 22.4. The molecule has 1 fully saturated rings. The molecule has 178 valence electrons. The highest BCUT2D eigenvalue weighted by Crippen LogP contribution is 2.36. The fraction of sp³-hybridized carbons (Fsp3) is 0.300. The minimum atomic E-state index is -0.927. The highest BCUT2D eigenvalue weighted by Gasteiger charge is 2.26. The SMILES string of the molecule is O=C(O)c1ccccc1Nc1ccc2c(c1)CN(c1ccc(N3CCC4CCCC=C4C3)cc1)C2. The van der Waals surface area contributed by atoms with Gasteiger partial charge in [0.2, 0.25) is 0 Å². The number of fused-ring (bicyclic) bond motifs is 2. The fourth-order valence-corrected chi connectivity index (χ4v) is 5.82. The van der Waals surface area contributed by atoms with Gasteiger partial charge >= 0.3 is 5.97 Å². The van der Waals surface area contributed by atoms with Gasteiger partial charge in [-0.1, -0.05) is 29.8 Å². The maximum atomic E-state index is 11.5. The molecule has 0 radical (unpaired) electrons. The monoisotopic (exact) mass is 465 g/mol. The molecule has 1 aliphatic carbocycles. The van der Waals surface area contributed by atoms with Crippen LogP contribution in [0.2, 0.25) is 0 Å². The van der Waals surface area contributed by atoms with Crippen LogP contribution >= 0.6 is 0 Å². The van der Waals surface area contributed by atoms with Crippen LogP contribution in [0.1, 0.15) is 47.2 Å². The van der Waals surface area contributed by atoms with E-state index in [0.717, 1.165) is 37.8 Å². The van der Waals surface area contributed by atoms with Gasteiger partial charge in [0.25, 0.3) is 0 Å². The average molecular weight is 466 g/mol. The van der Waals surface area contributed by atoms with E-state index in [1.807, 2.05) is 12.1 Å². The lowest BCUT2D eigenvalue weighted by Gasteiger charge is -2.37. The molecule has 3 aliphatic rings. The minimum absolute atomic E-state index is 0.277. The van der Waals surface area contributed by atoms with Crippen molar-refractivity contribution in [3.63, 3.8) is 0 Å². The standard InChI is InChI=1S/C30H31N3O2/c34-30(35)28-7-3-4-8-29(28)31-25-10-9-23-19-33(20-24(23)17-25)27-13-11-26(12-14-27)32-16-15-21-5-1-2-6-22(21)18-32/h3-4,6-14,17,21,31H,1-2,5,15-16,18-20H2,(H,34,35). The van der Waals surface area contributed by atoms with Crippen molar-refractivity contribution in [3.8, 4) is 0 Å². The molecule has 2 N–H and O–H groups in total. The molecular weight excluding hydrogens is 434 g/mol. The van der Waals surface area contributed by atoms with Crippen LogP contribution in [-0.2, 0) is 13.1 Å². The molecule has 0 saturated carbocycles. The van der Waals surface area contributed by atoms with E-state index in [0.29, 0.717) is 5.69 Å². The summed E-state index contributed by atoms with van der Waals surface area (Å²) in [6.07, 6.45) is 7.74. The van der Waals surface area contributed by atoms with Crippen LogP contribution in [0.25, 0.3) is 0 Å². The summed E-state index contributed by atoms with van der Waals surface area (Å²) in [7, 11) is 0. The predicted molar refractivity (Wildman–Crippen MR) is 142 cm³/mol. The molecule has 6 rings (SSSR count). The third kappa shape index (κ3) is 4.39. The van der Waals surface area contributed by atoms with Crippen molar-refractivity contribution in [2.45, 2.75) is 38.8 Å². The second-order valence-electron chi connectivity index (χ2n) is 9.95. The van der Waals surface area contributed by atoms with Gasteiger partial charge in [-0.3, -0.25) is 0 Å². The van der Waals surface area contributed by atoms with Crippen molar-refractivity contribution in [2.75, 3.05) is 28.2 Å². The van der Waals surface area contributed by atoms with Gasteiger partial charge in [-0.15, -0.1) is 0 Å². The number of hydrogen-bond acceptors (Lipinski definition) is 4. The van der Waals surface area contributed by atoms with Gasteiger partial charge in [-0.05, 0) is 91.3 Å². The number of carbonyl (C=O) groups is 1. The quantitative estimate of drug-likeness (QED) is 0.417. The Morgan fingerprint density at radius 3 is 2.46 bits per heavy atom. The number of aromatic carboxylic acids is 1. The maximum Gasteiger partial charge on any atom is 0.337 e. The molecule has 3 aromatic carbocycles. The van der Waals surface area contributed by atoms with Crippen LogP contribution < -0.4 is 15.1 Å². The highest BCUT2D eigenvalue weighted by atomic mass is 16.4. The van der Waals surface area contributed by atoms with Crippen molar-refractivity contribution in [1.82, 2.24) is 0 Å². The van der Waals surface area contributed by atoms with E-state index in [1.165, 1.54) is 48.2 Å². The molecular formula is C30H31N3O2. The predicted octanol–water partition coefficient (Wildman–Crippen LogP) is 6.59. The number of piperidine rings is 1. The summed E-state index contributed by atoms with van der Waals surface area (Å²) < 4.78 is 0. The number of nitrogens with zero attached hydrogens (tertiary/aromatic N) is 2. The first kappa shape index (κ1) is 21.8. The molecule has 3 aromatic rings. The van der Waals surface area contributed by atoms with Crippen molar-refractivity contribution in [3.05, 3.63) is 95.1 Å². The number of carboxylic acid groups (broad SMARTS) is 1. The Bertz CT molecular complexity index is 1280. The Morgan fingerprint density at radius 1 is 0.857 bits per heavy atom. The fourth-order valence-electron chi connectivity index (χ4n) is 5.82. The maximum absolute atomic E-state index is 11.5. The normalized spacial score (nSPS) is 19.1. The Balaban J connectivity index is 1.14. The van der Waals surface area contributed by atoms with Crippen LogP contribution in [0.3, 0.4) is 0 Å². The zero-order chi connectivity index (χ0) is 23.8. The first-order valence-corrected chi connectivity index (χ1v) is 12.6. The van der Waals surface area contributed by atoms with E-state index in [2.05, 4.69) is 57.6 Å². The summed E-state index contributed by atoms with van der Waals surface area (Å²) in [6.45, 7) is 3.97. The second-order valence-corrected chi connectivity index (χ2v) is 9.95. The van der Waals surface area contributed by atoms with Gasteiger partial charge in [0, 0.05) is 43.2 Å². The molecule has 5 heteroatoms. The molecule has 0 bridgehead atoms. The molecule has 0 aromatic heterocycles. The molecule has 0 spiro atoms. The number of nitrogens with one attached hydrogen (secondary N) is 1. The van der Waals surface area contributed by atoms with Crippen molar-refractivity contribution in [2.24, 2.45) is 5.92 Å². The lowest BCUT2D eigenvalue weighted by atomic mass is 9.82. The van der Waals surface area contributed by atoms with Crippen molar-refractivity contribution in [1.29, 1.82) is 0 Å². The van der Waals surface area contributed by atoms with Crippen LogP contribution in [-0.4, -0.2) is 24.2 Å². The number of benzene rings is 3. The number of para-hydroxylation sites is 1. The number of carboxylic acids is 1. The summed E-state index contributed by atoms with van der Waals surface area (Å²) in [5, 5.41) is 12.8. The lowest BCUT2D eigenvalue weighted by molar-refractivity contribution is 0.0698. The zero-order valence-corrected chi connectivity index (χ0v) is 19.9. The first-order valence-electron chi connectivity index (χ1n) is 12.6. The smallest absolute Gasteiger partial charge is 0.337 e. The average Bonchev–Trinajstić information content (AvgIpc) is 3.32. The van der Waals surface area contributed by atoms with E-state index in [-0.39, 0.29) is 5.56 Å². The third-order valence-corrected chi connectivity index (χ3v) is 7.75. The summed E-state index contributed by atoms with van der Waals surface area (Å²) in [4.78, 5) is 16.5. The molecule has 1 saturated heterocycles. The molecule has 2 heterocycles. The molecule has 35 heavy (non-hydrogen) atoms. The van der Waals surface area contributed by atoms with Gasteiger partial charge in [-0.25, -0.2) is 4.79 Å². The van der Waals surface area contributed by atoms with E-state index in [9.17, 15) is 9.90 Å². The van der Waals surface area contributed by atoms with Crippen LogP contribution in [0.5, 0.6) is 0 Å². The van der Waals surface area contributed by atoms with Gasteiger partial charge in [-0.2, -0.15) is 0 Å². The van der Waals surface area contributed by atoms with E-state index < -0.39 is 5.97 Å². The molecule has 1 atom stereocenters. The number of hydrogen-bond donors (Lipinski definition) is 2. The van der Waals surface area contributed by atoms with Crippen LogP contribution in [0, 0.1) is 5.92 Å². The molecule has 5 nitrogen and oxygen atoms in total. The van der Waals surface area contributed by atoms with Gasteiger partial charge in [0.05, 0.1) is 11.3 Å². The summed E-state index contributed by atoms with van der Waals surface area (Å²) in [5.74, 6) is -0.108. The Kier molecular flexibility index (Phi) is 5.69. The Labute approximate surface area is 206 Å². The van der Waals surface area contributed by atoms with Gasteiger partial charge < -0.3 is 20.2 Å². The molecule has 1 unspecified atom stereocenters. The lowest BCUT2D eigenvalue weighted by Crippen LogP contribution is -2.36. The Morgan fingerprint density at radius 2 is 1.63 bits per heavy atom. The molecule has 2 aliphatic heterocycles. The highest BCUT2D eigenvalue weighted by molar-refractivity contribution is 5.95. The summed E-state index contributed by atoms with van der Waals surface area (Å²) in [5.41, 5.74) is 8.60. The van der Waals surface area contributed by atoms with E-state index in [1.54, 1.807) is 23.8 Å². The van der Waals surface area contributed by atoms with Crippen LogP contribution in [0.4, 0.5) is 22.7 Å². The van der Waals surface area contributed by atoms with Crippen molar-refractivity contribution < 1.29 is 9.90 Å². The first-order chi connectivity index (χ1) is 17.1. The minimum Gasteiger partial charge on any atom is -0.478 e. The van der Waals surface area contributed by atoms with Crippen LogP contribution in [0.15, 0.2) is 78.4 Å². The number of anilines is 4. The largest absolute Gasteiger partial charge is 0.478 e. The van der Waals surface area contributed by atoms with E-state index in [4.69, 9.17) is 0 Å².